The van der Waals surface area contributed by atoms with E-state index in [1.54, 1.807) is 11.0 Å². The first kappa shape index (κ1) is 26.6. The fourth-order valence-electron chi connectivity index (χ4n) is 5.52. The Balaban J connectivity index is 1.42. The second kappa shape index (κ2) is 9.96. The monoisotopic (exact) mass is 601 g/mol. The molecule has 0 saturated carbocycles. The van der Waals surface area contributed by atoms with Crippen molar-refractivity contribution >= 4 is 50.3 Å². The molecule has 8 nitrogen and oxygen atoms in total. The number of fused-ring (bicyclic) bond motifs is 2. The third-order valence-corrected chi connectivity index (χ3v) is 8.55. The van der Waals surface area contributed by atoms with Gasteiger partial charge in [-0.05, 0) is 62.2 Å². The van der Waals surface area contributed by atoms with Gasteiger partial charge in [0.2, 0.25) is 0 Å². The van der Waals surface area contributed by atoms with Crippen LogP contribution in [0.2, 0.25) is 5.02 Å². The third kappa shape index (κ3) is 5.31. The van der Waals surface area contributed by atoms with Gasteiger partial charge >= 0.3 is 12.1 Å². The van der Waals surface area contributed by atoms with Crippen LogP contribution in [0.3, 0.4) is 0 Å². The molecule has 4 heterocycles. The van der Waals surface area contributed by atoms with Crippen LogP contribution in [-0.4, -0.2) is 89.0 Å². The molecule has 1 amide bonds. The molecular weight excluding hydrogens is 572 g/mol. The van der Waals surface area contributed by atoms with Gasteiger partial charge in [-0.25, -0.2) is 13.6 Å². The standard InChI is InChI=1S/C25H31BrClF2N5O3/c1-24(2,3)37-23(35)33-9-7-32(8-10-33)21-16-11-17(27)18(26)19(29)20(16)30-22(31-21)36-14-25-5-4-6-34(25)13-15(28)12-25/h11,15H,4-10,12-14H2,1-3H3/t15-,25+/m1/s1. The lowest BCUT2D eigenvalue weighted by atomic mass is 9.95. The molecule has 5 rings (SSSR count). The highest BCUT2D eigenvalue weighted by molar-refractivity contribution is 9.10. The summed E-state index contributed by atoms with van der Waals surface area (Å²) in [6.07, 6.45) is 0.992. The number of carbonyl (C=O) groups is 1. The average Bonchev–Trinajstić information content (AvgIpc) is 3.36. The van der Waals surface area contributed by atoms with E-state index >= 15 is 4.39 Å². The Morgan fingerprint density at radius 2 is 1.97 bits per heavy atom. The van der Waals surface area contributed by atoms with E-state index in [-0.39, 0.29) is 39.3 Å². The van der Waals surface area contributed by atoms with E-state index in [0.717, 1.165) is 19.4 Å². The minimum Gasteiger partial charge on any atom is -0.461 e. The number of amides is 1. The summed E-state index contributed by atoms with van der Waals surface area (Å²) in [5, 5.41) is 0.658. The predicted molar refractivity (Wildman–Crippen MR) is 141 cm³/mol. The van der Waals surface area contributed by atoms with Gasteiger partial charge in [-0.2, -0.15) is 9.97 Å². The highest BCUT2D eigenvalue weighted by atomic mass is 79.9. The molecule has 0 N–H and O–H groups in total. The van der Waals surface area contributed by atoms with Crippen LogP contribution < -0.4 is 9.64 Å². The molecule has 12 heteroatoms. The second-order valence-corrected chi connectivity index (χ2v) is 12.2. The topological polar surface area (TPSA) is 71.0 Å². The fraction of sp³-hybridized carbons (Fsp3) is 0.640. The maximum atomic E-state index is 15.3. The molecule has 2 aromatic rings. The van der Waals surface area contributed by atoms with Gasteiger partial charge in [0.25, 0.3) is 0 Å². The number of ether oxygens (including phenoxy) is 2. The first-order valence-corrected chi connectivity index (χ1v) is 13.7. The number of aromatic nitrogens is 2. The van der Waals surface area contributed by atoms with Crippen LogP contribution in [0.15, 0.2) is 10.5 Å². The van der Waals surface area contributed by atoms with Crippen molar-refractivity contribution in [1.82, 2.24) is 19.8 Å². The molecule has 1 aromatic carbocycles. The lowest BCUT2D eigenvalue weighted by Gasteiger charge is -2.36. The van der Waals surface area contributed by atoms with Crippen molar-refractivity contribution in [2.75, 3.05) is 50.8 Å². The molecule has 1 aromatic heterocycles. The largest absolute Gasteiger partial charge is 0.461 e. The molecular formula is C25H31BrClF2N5O3. The van der Waals surface area contributed by atoms with Crippen molar-refractivity contribution in [2.45, 2.75) is 57.3 Å². The van der Waals surface area contributed by atoms with Crippen molar-refractivity contribution in [3.8, 4) is 6.01 Å². The van der Waals surface area contributed by atoms with E-state index in [9.17, 15) is 9.18 Å². The van der Waals surface area contributed by atoms with Gasteiger partial charge in [-0.3, -0.25) is 4.90 Å². The van der Waals surface area contributed by atoms with Gasteiger partial charge in [0.1, 0.15) is 29.7 Å². The molecule has 3 fully saturated rings. The Labute approximate surface area is 228 Å². The summed E-state index contributed by atoms with van der Waals surface area (Å²) < 4.78 is 41.2. The van der Waals surface area contributed by atoms with E-state index in [0.29, 0.717) is 50.3 Å². The highest BCUT2D eigenvalue weighted by Crippen LogP contribution is 2.41. The zero-order chi connectivity index (χ0) is 26.5. The molecule has 0 spiro atoms. The molecule has 0 radical (unpaired) electrons. The lowest BCUT2D eigenvalue weighted by Crippen LogP contribution is -2.50. The molecule has 3 saturated heterocycles. The van der Waals surface area contributed by atoms with Gasteiger partial charge < -0.3 is 19.3 Å². The summed E-state index contributed by atoms with van der Waals surface area (Å²) in [4.78, 5) is 27.3. The Morgan fingerprint density at radius 1 is 1.24 bits per heavy atom. The number of piperazine rings is 1. The van der Waals surface area contributed by atoms with Crippen LogP contribution in [0, 0.1) is 5.82 Å². The smallest absolute Gasteiger partial charge is 0.410 e. The number of nitrogens with zero attached hydrogens (tertiary/aromatic N) is 5. The van der Waals surface area contributed by atoms with Crippen LogP contribution in [0.1, 0.15) is 40.0 Å². The maximum Gasteiger partial charge on any atom is 0.410 e. The Kier molecular flexibility index (Phi) is 7.17. The number of anilines is 1. The number of benzene rings is 1. The maximum absolute atomic E-state index is 15.3. The third-order valence-electron chi connectivity index (χ3n) is 7.25. The van der Waals surface area contributed by atoms with Crippen LogP contribution in [-0.2, 0) is 4.74 Å². The van der Waals surface area contributed by atoms with Crippen molar-refractivity contribution in [1.29, 1.82) is 0 Å². The molecule has 3 aliphatic rings. The van der Waals surface area contributed by atoms with Crippen molar-refractivity contribution in [3.05, 3.63) is 21.4 Å². The average molecular weight is 603 g/mol. The quantitative estimate of drug-likeness (QED) is 0.446. The van der Waals surface area contributed by atoms with E-state index in [1.807, 2.05) is 25.7 Å². The summed E-state index contributed by atoms with van der Waals surface area (Å²) >= 11 is 9.49. The normalized spacial score (nSPS) is 24.6. The summed E-state index contributed by atoms with van der Waals surface area (Å²) in [5.74, 6) is -0.124. The lowest BCUT2D eigenvalue weighted by molar-refractivity contribution is 0.0240. The number of halogens is 4. The first-order chi connectivity index (χ1) is 17.5. The number of hydrogen-bond acceptors (Lipinski definition) is 7. The van der Waals surface area contributed by atoms with Gasteiger partial charge in [0.15, 0.2) is 5.82 Å². The molecule has 202 valence electrons. The van der Waals surface area contributed by atoms with Crippen LogP contribution in [0.25, 0.3) is 10.9 Å². The number of carbonyl (C=O) groups excluding carboxylic acids is 1. The van der Waals surface area contributed by atoms with Crippen molar-refractivity contribution in [3.63, 3.8) is 0 Å². The van der Waals surface area contributed by atoms with E-state index in [2.05, 4.69) is 30.8 Å². The first-order valence-electron chi connectivity index (χ1n) is 12.6. The highest BCUT2D eigenvalue weighted by Gasteiger charge is 2.49. The molecule has 0 unspecified atom stereocenters. The predicted octanol–water partition coefficient (Wildman–Crippen LogP) is 5.20. The molecule has 0 bridgehead atoms. The molecule has 37 heavy (non-hydrogen) atoms. The second-order valence-electron chi connectivity index (χ2n) is 11.0. The number of hydrogen-bond donors (Lipinski definition) is 0. The van der Waals surface area contributed by atoms with Crippen LogP contribution >= 0.6 is 27.5 Å². The van der Waals surface area contributed by atoms with E-state index in [1.165, 1.54) is 0 Å². The minimum absolute atomic E-state index is 0.0359. The Bertz CT molecular complexity index is 1210. The van der Waals surface area contributed by atoms with Gasteiger partial charge in [-0.1, -0.05) is 11.6 Å². The molecule has 3 aliphatic heterocycles. The summed E-state index contributed by atoms with van der Waals surface area (Å²) in [6.45, 7) is 8.73. The zero-order valence-corrected chi connectivity index (χ0v) is 23.5. The number of alkyl halides is 1. The van der Waals surface area contributed by atoms with Crippen molar-refractivity contribution < 1.29 is 23.0 Å². The van der Waals surface area contributed by atoms with Gasteiger partial charge in [0.05, 0.1) is 15.0 Å². The van der Waals surface area contributed by atoms with E-state index < -0.39 is 17.6 Å². The summed E-state index contributed by atoms with van der Waals surface area (Å²) in [6, 6.07) is 1.67. The van der Waals surface area contributed by atoms with Crippen molar-refractivity contribution in [2.24, 2.45) is 0 Å². The summed E-state index contributed by atoms with van der Waals surface area (Å²) in [5.41, 5.74) is -0.877. The van der Waals surface area contributed by atoms with Gasteiger partial charge in [0, 0.05) is 44.5 Å². The minimum atomic E-state index is -0.881. The fourth-order valence-corrected chi connectivity index (χ4v) is 6.01. The SMILES string of the molecule is CC(C)(C)OC(=O)N1CCN(c2nc(OC[C@@]34CCCN3C[C@H](F)C4)nc3c(F)c(Br)c(Cl)cc23)CC1. The Hall–Kier alpha value is -1.98. The zero-order valence-electron chi connectivity index (χ0n) is 21.2. The molecule has 2 atom stereocenters. The number of rotatable bonds is 4. The van der Waals surface area contributed by atoms with Gasteiger partial charge in [-0.15, -0.1) is 0 Å². The van der Waals surface area contributed by atoms with Crippen LogP contribution in [0.5, 0.6) is 6.01 Å². The summed E-state index contributed by atoms with van der Waals surface area (Å²) in [7, 11) is 0. The molecule has 0 aliphatic carbocycles. The van der Waals surface area contributed by atoms with Crippen LogP contribution in [0.4, 0.5) is 19.4 Å². The van der Waals surface area contributed by atoms with E-state index in [4.69, 9.17) is 21.1 Å². The Morgan fingerprint density at radius 3 is 2.68 bits per heavy atom.